The van der Waals surface area contributed by atoms with Gasteiger partial charge < -0.3 is 14.4 Å². The maximum Gasteiger partial charge on any atom is 0.259 e. The average Bonchev–Trinajstić information content (AvgIpc) is 3.08. The van der Waals surface area contributed by atoms with Crippen molar-refractivity contribution in [2.45, 2.75) is 39.0 Å². The molecule has 0 aliphatic carbocycles. The molecule has 1 N–H and O–H groups in total. The minimum Gasteiger partial charge on any atom is -0.360 e. The Morgan fingerprint density at radius 1 is 1.44 bits per heavy atom. The van der Waals surface area contributed by atoms with E-state index >= 15 is 0 Å². The predicted molar refractivity (Wildman–Crippen MR) is 101 cm³/mol. The Bertz CT molecular complexity index is 1050. The lowest BCUT2D eigenvalue weighted by molar-refractivity contribution is 0.0703. The summed E-state index contributed by atoms with van der Waals surface area (Å²) in [6.07, 6.45) is 4.11. The molecule has 27 heavy (non-hydrogen) atoms. The number of fused-ring (bicyclic) bond motifs is 1. The maximum absolute atomic E-state index is 13.1. The number of hydrogen-bond donors (Lipinski definition) is 1. The van der Waals surface area contributed by atoms with Crippen molar-refractivity contribution in [3.63, 3.8) is 0 Å². The van der Waals surface area contributed by atoms with E-state index in [-0.39, 0.29) is 17.4 Å². The van der Waals surface area contributed by atoms with Crippen LogP contribution in [0.1, 0.15) is 53.2 Å². The molecule has 0 radical (unpaired) electrons. The van der Waals surface area contributed by atoms with Crippen LogP contribution in [-0.4, -0.2) is 39.0 Å². The molecule has 0 bridgehead atoms. The van der Waals surface area contributed by atoms with Gasteiger partial charge in [0.2, 0.25) is 0 Å². The molecule has 0 spiro atoms. The van der Waals surface area contributed by atoms with Gasteiger partial charge in [-0.15, -0.1) is 0 Å². The zero-order valence-electron chi connectivity index (χ0n) is 15.5. The Kier molecular flexibility index (Phi) is 4.51. The zero-order valence-corrected chi connectivity index (χ0v) is 15.5. The molecule has 1 aliphatic rings. The van der Waals surface area contributed by atoms with Gasteiger partial charge in [0.05, 0.1) is 16.6 Å². The molecule has 4 rings (SSSR count). The fraction of sp³-hybridized carbons (Fsp3) is 0.400. The molecule has 3 aromatic heterocycles. The lowest BCUT2D eigenvalue weighted by atomic mass is 9.93. The number of aryl methyl sites for hydroxylation is 2. The van der Waals surface area contributed by atoms with Gasteiger partial charge in [-0.05, 0) is 38.0 Å². The first kappa shape index (κ1) is 17.5. The van der Waals surface area contributed by atoms with E-state index in [1.54, 1.807) is 25.3 Å². The highest BCUT2D eigenvalue weighted by Crippen LogP contribution is 2.28. The largest absolute Gasteiger partial charge is 0.360 e. The third kappa shape index (κ3) is 3.13. The van der Waals surface area contributed by atoms with E-state index in [2.05, 4.69) is 15.1 Å². The standard InChI is InChI=1S/C20H22N4O3/c1-3-17-18(12(2)23-27-17)20(26)24-9-5-6-13(11-24)15-10-16-14(19(25)22-15)7-4-8-21-16/h4,7-8,10,13H,3,5-6,9,11H2,1-2H3,(H,22,25)/t13-/m0/s1. The summed E-state index contributed by atoms with van der Waals surface area (Å²) in [6.45, 7) is 4.99. The van der Waals surface area contributed by atoms with Crippen LogP contribution in [0, 0.1) is 6.92 Å². The monoisotopic (exact) mass is 366 g/mol. The molecule has 0 unspecified atom stereocenters. The van der Waals surface area contributed by atoms with Crippen molar-refractivity contribution < 1.29 is 9.32 Å². The molecular formula is C20H22N4O3. The van der Waals surface area contributed by atoms with Gasteiger partial charge in [-0.25, -0.2) is 0 Å². The SMILES string of the molecule is CCc1onc(C)c1C(=O)N1CCC[C@H](c2cc3ncccc3c(=O)[nH]2)C1. The summed E-state index contributed by atoms with van der Waals surface area (Å²) < 4.78 is 5.28. The van der Waals surface area contributed by atoms with E-state index < -0.39 is 0 Å². The highest BCUT2D eigenvalue weighted by molar-refractivity contribution is 5.96. The van der Waals surface area contributed by atoms with Crippen molar-refractivity contribution in [3.8, 4) is 0 Å². The van der Waals surface area contributed by atoms with Gasteiger partial charge in [0.1, 0.15) is 11.3 Å². The van der Waals surface area contributed by atoms with Crippen LogP contribution < -0.4 is 5.56 Å². The van der Waals surface area contributed by atoms with Crippen molar-refractivity contribution >= 4 is 16.8 Å². The van der Waals surface area contributed by atoms with Crippen LogP contribution in [0.15, 0.2) is 33.7 Å². The number of hydrogen-bond acceptors (Lipinski definition) is 5. The number of rotatable bonds is 3. The molecule has 7 heteroatoms. The normalized spacial score (nSPS) is 17.4. The van der Waals surface area contributed by atoms with Crippen LogP contribution in [0.4, 0.5) is 0 Å². The van der Waals surface area contributed by atoms with Crippen molar-refractivity contribution in [1.82, 2.24) is 20.0 Å². The summed E-state index contributed by atoms with van der Waals surface area (Å²) in [4.78, 5) is 34.6. The van der Waals surface area contributed by atoms with Crippen LogP contribution in [0.25, 0.3) is 10.9 Å². The molecule has 140 valence electrons. The van der Waals surface area contributed by atoms with E-state index in [1.807, 2.05) is 17.9 Å². The molecule has 4 heterocycles. The molecule has 0 aromatic carbocycles. The van der Waals surface area contributed by atoms with Crippen LogP contribution >= 0.6 is 0 Å². The van der Waals surface area contributed by atoms with Crippen molar-refractivity contribution in [2.75, 3.05) is 13.1 Å². The van der Waals surface area contributed by atoms with Gasteiger partial charge >= 0.3 is 0 Å². The van der Waals surface area contributed by atoms with Gasteiger partial charge in [-0.3, -0.25) is 14.6 Å². The molecule has 1 fully saturated rings. The first-order chi connectivity index (χ1) is 13.1. The number of piperidine rings is 1. The molecule has 1 saturated heterocycles. The summed E-state index contributed by atoms with van der Waals surface area (Å²) in [5, 5.41) is 4.53. The molecular weight excluding hydrogens is 344 g/mol. The maximum atomic E-state index is 13.1. The van der Waals surface area contributed by atoms with Crippen LogP contribution in [-0.2, 0) is 6.42 Å². The highest BCUT2D eigenvalue weighted by Gasteiger charge is 2.30. The second kappa shape index (κ2) is 6.98. The lowest BCUT2D eigenvalue weighted by Gasteiger charge is -2.32. The fourth-order valence-corrected chi connectivity index (χ4v) is 3.83. The number of likely N-dealkylation sites (tertiary alicyclic amines) is 1. The van der Waals surface area contributed by atoms with Gasteiger partial charge in [0, 0.05) is 37.3 Å². The van der Waals surface area contributed by atoms with Crippen LogP contribution in [0.2, 0.25) is 0 Å². The molecule has 1 aliphatic heterocycles. The fourth-order valence-electron chi connectivity index (χ4n) is 3.83. The topological polar surface area (TPSA) is 92.1 Å². The van der Waals surface area contributed by atoms with E-state index in [1.165, 1.54) is 0 Å². The Hall–Kier alpha value is -2.96. The number of H-pyrrole nitrogens is 1. The molecule has 0 saturated carbocycles. The predicted octanol–water partition coefficient (Wildman–Crippen LogP) is 2.80. The van der Waals surface area contributed by atoms with E-state index in [0.717, 1.165) is 18.5 Å². The second-order valence-corrected chi connectivity index (χ2v) is 7.00. The number of carbonyl (C=O) groups is 1. The number of nitrogens with one attached hydrogen (secondary N) is 1. The summed E-state index contributed by atoms with van der Waals surface area (Å²) in [5.41, 5.74) is 2.58. The number of carbonyl (C=O) groups excluding carboxylic acids is 1. The van der Waals surface area contributed by atoms with Crippen LogP contribution in [0.3, 0.4) is 0 Å². The average molecular weight is 366 g/mol. The lowest BCUT2D eigenvalue weighted by Crippen LogP contribution is -2.40. The molecule has 1 atom stereocenters. The first-order valence-electron chi connectivity index (χ1n) is 9.30. The first-order valence-corrected chi connectivity index (χ1v) is 9.30. The second-order valence-electron chi connectivity index (χ2n) is 7.00. The van der Waals surface area contributed by atoms with Crippen molar-refractivity contribution in [2.24, 2.45) is 0 Å². The highest BCUT2D eigenvalue weighted by atomic mass is 16.5. The van der Waals surface area contributed by atoms with E-state index in [9.17, 15) is 9.59 Å². The minimum absolute atomic E-state index is 0.0449. The summed E-state index contributed by atoms with van der Waals surface area (Å²) >= 11 is 0. The smallest absolute Gasteiger partial charge is 0.259 e. The third-order valence-electron chi connectivity index (χ3n) is 5.25. The van der Waals surface area contributed by atoms with E-state index in [4.69, 9.17) is 4.52 Å². The van der Waals surface area contributed by atoms with Gasteiger partial charge in [-0.1, -0.05) is 12.1 Å². The number of aromatic amines is 1. The summed E-state index contributed by atoms with van der Waals surface area (Å²) in [7, 11) is 0. The molecule has 7 nitrogen and oxygen atoms in total. The van der Waals surface area contributed by atoms with Crippen molar-refractivity contribution in [3.05, 3.63) is 57.5 Å². The molecule has 1 amide bonds. The van der Waals surface area contributed by atoms with Gasteiger partial charge in [-0.2, -0.15) is 0 Å². The third-order valence-corrected chi connectivity index (χ3v) is 5.25. The Morgan fingerprint density at radius 3 is 3.11 bits per heavy atom. The Balaban J connectivity index is 1.62. The van der Waals surface area contributed by atoms with Gasteiger partial charge in [0.25, 0.3) is 11.5 Å². The number of nitrogens with zero attached hydrogens (tertiary/aromatic N) is 3. The number of aromatic nitrogens is 3. The molecule has 3 aromatic rings. The number of pyridine rings is 2. The number of amides is 1. The van der Waals surface area contributed by atoms with E-state index in [0.29, 0.717) is 47.4 Å². The summed E-state index contributed by atoms with van der Waals surface area (Å²) in [5.74, 6) is 0.659. The Labute approximate surface area is 156 Å². The summed E-state index contributed by atoms with van der Waals surface area (Å²) in [6, 6.07) is 5.45. The zero-order chi connectivity index (χ0) is 19.0. The van der Waals surface area contributed by atoms with Crippen LogP contribution in [0.5, 0.6) is 0 Å². The Morgan fingerprint density at radius 2 is 2.30 bits per heavy atom. The quantitative estimate of drug-likeness (QED) is 0.769. The van der Waals surface area contributed by atoms with Gasteiger partial charge in [0.15, 0.2) is 0 Å². The minimum atomic E-state index is -0.137. The van der Waals surface area contributed by atoms with Crippen molar-refractivity contribution in [1.29, 1.82) is 0 Å².